The molecule has 0 spiro atoms. The lowest BCUT2D eigenvalue weighted by Gasteiger charge is -2.17. The largest absolute Gasteiger partial charge is 0.466 e. The maximum atomic E-state index is 11.1. The Kier molecular flexibility index (Phi) is 5.54. The van der Waals surface area contributed by atoms with Crippen LogP contribution < -0.4 is 0 Å². The van der Waals surface area contributed by atoms with Gasteiger partial charge in [-0.3, -0.25) is 4.79 Å². The number of aliphatic hydroxyl groups excluding tert-OH is 2. The Morgan fingerprint density at radius 2 is 2.24 bits per heavy atom. The van der Waals surface area contributed by atoms with Gasteiger partial charge in [0.1, 0.15) is 10.7 Å². The second-order valence-corrected chi connectivity index (χ2v) is 4.25. The summed E-state index contributed by atoms with van der Waals surface area (Å²) in [6.45, 7) is 1.93. The molecule has 1 rings (SSSR count). The molecule has 94 valence electrons. The number of hydrogen-bond donors (Lipinski definition) is 2. The Bertz CT molecular complexity index is 368. The van der Waals surface area contributed by atoms with E-state index in [1.807, 2.05) is 0 Å². The first-order chi connectivity index (χ1) is 8.04. The van der Waals surface area contributed by atoms with Gasteiger partial charge < -0.3 is 14.9 Å². The third-order valence-electron chi connectivity index (χ3n) is 2.14. The fourth-order valence-electron chi connectivity index (χ4n) is 1.29. The van der Waals surface area contributed by atoms with E-state index in [1.54, 1.807) is 19.1 Å². The van der Waals surface area contributed by atoms with Gasteiger partial charge >= 0.3 is 5.97 Å². The molecule has 1 aromatic heterocycles. The zero-order chi connectivity index (χ0) is 12.8. The number of halogens is 1. The topological polar surface area (TPSA) is 79.7 Å². The van der Waals surface area contributed by atoms with Crippen LogP contribution in [0.4, 0.5) is 0 Å². The first kappa shape index (κ1) is 14.1. The van der Waals surface area contributed by atoms with Crippen molar-refractivity contribution in [3.05, 3.63) is 28.5 Å². The predicted octanol–water partition coefficient (Wildman–Crippen LogP) is 1.19. The van der Waals surface area contributed by atoms with E-state index < -0.39 is 18.2 Å². The summed E-state index contributed by atoms with van der Waals surface area (Å²) in [5.74, 6) is -0.538. The smallest absolute Gasteiger partial charge is 0.308 e. The van der Waals surface area contributed by atoms with Crippen LogP contribution in [0.1, 0.15) is 25.0 Å². The van der Waals surface area contributed by atoms with Crippen LogP contribution in [0, 0.1) is 0 Å². The van der Waals surface area contributed by atoms with Crippen molar-refractivity contribution in [2.75, 3.05) is 6.61 Å². The Morgan fingerprint density at radius 1 is 1.53 bits per heavy atom. The van der Waals surface area contributed by atoms with Gasteiger partial charge in [-0.1, -0.05) is 6.07 Å². The summed E-state index contributed by atoms with van der Waals surface area (Å²) in [5, 5.41) is 19.4. The standard InChI is InChI=1S/C11H14BrNO4/c1-2-17-10(15)5-8(14)11(16)7-3-4-9(12)13-6-7/h3-4,6,8,11,14,16H,2,5H2,1H3. The van der Waals surface area contributed by atoms with Crippen molar-refractivity contribution in [1.29, 1.82) is 0 Å². The molecule has 0 aromatic carbocycles. The molecule has 6 heteroatoms. The Labute approximate surface area is 108 Å². The lowest BCUT2D eigenvalue weighted by molar-refractivity contribution is -0.147. The normalized spacial score (nSPS) is 14.1. The van der Waals surface area contributed by atoms with Crippen molar-refractivity contribution < 1.29 is 19.7 Å². The maximum Gasteiger partial charge on any atom is 0.308 e. The molecule has 0 aliphatic rings. The number of nitrogens with zero attached hydrogens (tertiary/aromatic N) is 1. The van der Waals surface area contributed by atoms with E-state index in [-0.39, 0.29) is 13.0 Å². The number of pyridine rings is 1. The van der Waals surface area contributed by atoms with Crippen LogP contribution in [0.25, 0.3) is 0 Å². The van der Waals surface area contributed by atoms with E-state index in [4.69, 9.17) is 0 Å². The van der Waals surface area contributed by atoms with Gasteiger partial charge in [0.25, 0.3) is 0 Å². The van der Waals surface area contributed by atoms with Crippen molar-refractivity contribution in [2.45, 2.75) is 25.6 Å². The summed E-state index contributed by atoms with van der Waals surface area (Å²) in [7, 11) is 0. The van der Waals surface area contributed by atoms with Crippen molar-refractivity contribution in [3.8, 4) is 0 Å². The summed E-state index contributed by atoms with van der Waals surface area (Å²) in [4.78, 5) is 15.1. The second-order valence-electron chi connectivity index (χ2n) is 3.44. The molecule has 17 heavy (non-hydrogen) atoms. The quantitative estimate of drug-likeness (QED) is 0.631. The van der Waals surface area contributed by atoms with E-state index in [9.17, 15) is 15.0 Å². The van der Waals surface area contributed by atoms with Crippen molar-refractivity contribution in [1.82, 2.24) is 4.98 Å². The van der Waals surface area contributed by atoms with E-state index in [2.05, 4.69) is 25.7 Å². The number of esters is 1. The molecule has 0 aliphatic heterocycles. The third-order valence-corrected chi connectivity index (χ3v) is 2.61. The lowest BCUT2D eigenvalue weighted by atomic mass is 10.0. The predicted molar refractivity (Wildman–Crippen MR) is 64.2 cm³/mol. The molecule has 2 atom stereocenters. The first-order valence-electron chi connectivity index (χ1n) is 5.17. The average molecular weight is 304 g/mol. The van der Waals surface area contributed by atoms with Gasteiger partial charge in [0, 0.05) is 11.8 Å². The monoisotopic (exact) mass is 303 g/mol. The zero-order valence-electron chi connectivity index (χ0n) is 9.34. The summed E-state index contributed by atoms with van der Waals surface area (Å²) in [5.41, 5.74) is 0.449. The van der Waals surface area contributed by atoms with Crippen LogP contribution in [-0.2, 0) is 9.53 Å². The summed E-state index contributed by atoms with van der Waals surface area (Å²) < 4.78 is 5.32. The summed E-state index contributed by atoms with van der Waals surface area (Å²) in [6.07, 6.45) is -1.16. The number of carbonyl (C=O) groups excluding carboxylic acids is 1. The van der Waals surface area contributed by atoms with Gasteiger partial charge in [-0.25, -0.2) is 4.98 Å². The van der Waals surface area contributed by atoms with Crippen molar-refractivity contribution in [2.24, 2.45) is 0 Å². The SMILES string of the molecule is CCOC(=O)CC(O)C(O)c1ccc(Br)nc1. The van der Waals surface area contributed by atoms with E-state index in [0.717, 1.165) is 0 Å². The minimum absolute atomic E-state index is 0.245. The van der Waals surface area contributed by atoms with E-state index in [0.29, 0.717) is 10.2 Å². The molecule has 0 saturated heterocycles. The minimum Gasteiger partial charge on any atom is -0.466 e. The van der Waals surface area contributed by atoms with Crippen LogP contribution in [-0.4, -0.2) is 33.9 Å². The highest BCUT2D eigenvalue weighted by molar-refractivity contribution is 9.10. The Hall–Kier alpha value is -0.980. The number of aromatic nitrogens is 1. The molecule has 1 heterocycles. The van der Waals surface area contributed by atoms with Gasteiger partial charge in [0.15, 0.2) is 0 Å². The highest BCUT2D eigenvalue weighted by atomic mass is 79.9. The number of rotatable bonds is 5. The number of ether oxygens (including phenoxy) is 1. The Morgan fingerprint density at radius 3 is 2.76 bits per heavy atom. The summed E-state index contributed by atoms with van der Waals surface area (Å²) in [6, 6.07) is 3.27. The highest BCUT2D eigenvalue weighted by Crippen LogP contribution is 2.19. The van der Waals surface area contributed by atoms with Crippen molar-refractivity contribution >= 4 is 21.9 Å². The average Bonchev–Trinajstić information content (AvgIpc) is 2.29. The molecule has 0 fully saturated rings. The van der Waals surface area contributed by atoms with Crippen LogP contribution >= 0.6 is 15.9 Å². The van der Waals surface area contributed by atoms with Crippen LogP contribution in [0.3, 0.4) is 0 Å². The Balaban J connectivity index is 2.60. The van der Waals surface area contributed by atoms with Gasteiger partial charge in [-0.2, -0.15) is 0 Å². The highest BCUT2D eigenvalue weighted by Gasteiger charge is 2.22. The zero-order valence-corrected chi connectivity index (χ0v) is 10.9. The number of hydrogen-bond acceptors (Lipinski definition) is 5. The molecular weight excluding hydrogens is 290 g/mol. The molecular formula is C11H14BrNO4. The fourth-order valence-corrected chi connectivity index (χ4v) is 1.52. The molecule has 1 aromatic rings. The molecule has 2 N–H and O–H groups in total. The fraction of sp³-hybridized carbons (Fsp3) is 0.455. The molecule has 0 aliphatic carbocycles. The van der Waals surface area contributed by atoms with Gasteiger partial charge in [0.2, 0.25) is 0 Å². The second kappa shape index (κ2) is 6.68. The molecule has 0 radical (unpaired) electrons. The maximum absolute atomic E-state index is 11.1. The molecule has 0 saturated carbocycles. The van der Waals surface area contributed by atoms with Gasteiger partial charge in [-0.05, 0) is 28.9 Å². The minimum atomic E-state index is -1.20. The van der Waals surface area contributed by atoms with Gasteiger partial charge in [0.05, 0.1) is 19.1 Å². The van der Waals surface area contributed by atoms with Crippen molar-refractivity contribution in [3.63, 3.8) is 0 Å². The first-order valence-corrected chi connectivity index (χ1v) is 5.97. The number of aliphatic hydroxyl groups is 2. The van der Waals surface area contributed by atoms with E-state index >= 15 is 0 Å². The van der Waals surface area contributed by atoms with E-state index in [1.165, 1.54) is 6.20 Å². The van der Waals surface area contributed by atoms with Crippen LogP contribution in [0.15, 0.2) is 22.9 Å². The molecule has 2 unspecified atom stereocenters. The van der Waals surface area contributed by atoms with Crippen LogP contribution in [0.2, 0.25) is 0 Å². The lowest BCUT2D eigenvalue weighted by Crippen LogP contribution is -2.23. The molecule has 0 bridgehead atoms. The summed E-state index contributed by atoms with van der Waals surface area (Å²) >= 11 is 3.16. The number of carbonyl (C=O) groups is 1. The van der Waals surface area contributed by atoms with Gasteiger partial charge in [-0.15, -0.1) is 0 Å². The molecule has 5 nitrogen and oxygen atoms in total. The molecule has 0 amide bonds. The van der Waals surface area contributed by atoms with Crippen LogP contribution in [0.5, 0.6) is 0 Å². The third kappa shape index (κ3) is 4.41.